The number of rotatable bonds is 9. The molecule has 27 heavy (non-hydrogen) atoms. The van der Waals surface area contributed by atoms with Gasteiger partial charge in [-0.15, -0.1) is 24.0 Å². The van der Waals surface area contributed by atoms with Crippen LogP contribution in [0.4, 0.5) is 0 Å². The first-order valence-corrected chi connectivity index (χ1v) is 8.97. The molecule has 0 heterocycles. The van der Waals surface area contributed by atoms with Crippen LogP contribution in [0.5, 0.6) is 5.75 Å². The van der Waals surface area contributed by atoms with Crippen LogP contribution in [0.15, 0.2) is 59.6 Å². The Labute approximate surface area is 179 Å². The number of methoxy groups -OCH3 is 1. The highest BCUT2D eigenvalue weighted by Crippen LogP contribution is 2.15. The zero-order valence-electron chi connectivity index (χ0n) is 16.3. The van der Waals surface area contributed by atoms with E-state index in [1.54, 1.807) is 14.2 Å². The number of halogens is 1. The predicted molar refractivity (Wildman–Crippen MR) is 122 cm³/mol. The van der Waals surface area contributed by atoms with Crippen LogP contribution < -0.4 is 15.4 Å². The fraction of sp³-hybridized carbons (Fsp3) is 0.381. The summed E-state index contributed by atoms with van der Waals surface area (Å²) in [6, 6.07) is 18.3. The first-order chi connectivity index (χ1) is 12.7. The third-order valence-corrected chi connectivity index (χ3v) is 4.07. The number of hydrogen-bond donors (Lipinski definition) is 2. The number of nitrogens with zero attached hydrogens (tertiary/aromatic N) is 1. The zero-order chi connectivity index (χ0) is 18.6. The monoisotopic (exact) mass is 483 g/mol. The maximum Gasteiger partial charge on any atom is 0.191 e. The van der Waals surface area contributed by atoms with Crippen molar-refractivity contribution < 1.29 is 9.47 Å². The lowest BCUT2D eigenvalue weighted by atomic mass is 10.1. The van der Waals surface area contributed by atoms with Gasteiger partial charge in [0.15, 0.2) is 5.96 Å². The summed E-state index contributed by atoms with van der Waals surface area (Å²) < 4.78 is 11.1. The van der Waals surface area contributed by atoms with Crippen molar-refractivity contribution in [2.24, 2.45) is 4.99 Å². The van der Waals surface area contributed by atoms with E-state index in [2.05, 4.69) is 40.7 Å². The lowest BCUT2D eigenvalue weighted by Gasteiger charge is -2.15. The normalized spacial score (nSPS) is 12.0. The van der Waals surface area contributed by atoms with Crippen molar-refractivity contribution in [2.45, 2.75) is 26.0 Å². The van der Waals surface area contributed by atoms with Crippen LogP contribution >= 0.6 is 24.0 Å². The molecule has 0 radical (unpaired) electrons. The minimum atomic E-state index is 0. The van der Waals surface area contributed by atoms with Gasteiger partial charge >= 0.3 is 0 Å². The van der Waals surface area contributed by atoms with Gasteiger partial charge in [-0.2, -0.15) is 0 Å². The molecule has 0 fully saturated rings. The average Bonchev–Trinajstić information content (AvgIpc) is 2.70. The molecule has 2 rings (SSSR count). The molecule has 2 aromatic rings. The maximum atomic E-state index is 5.88. The van der Waals surface area contributed by atoms with E-state index in [1.165, 1.54) is 5.56 Å². The van der Waals surface area contributed by atoms with E-state index < -0.39 is 0 Å². The molecule has 148 valence electrons. The van der Waals surface area contributed by atoms with Crippen molar-refractivity contribution in [1.29, 1.82) is 0 Å². The molecule has 0 aliphatic heterocycles. The lowest BCUT2D eigenvalue weighted by molar-refractivity contribution is 0.0646. The van der Waals surface area contributed by atoms with Gasteiger partial charge < -0.3 is 20.1 Å². The number of benzene rings is 2. The van der Waals surface area contributed by atoms with E-state index in [-0.39, 0.29) is 30.1 Å². The second-order valence-electron chi connectivity index (χ2n) is 5.98. The Morgan fingerprint density at radius 3 is 2.56 bits per heavy atom. The summed E-state index contributed by atoms with van der Waals surface area (Å²) in [4.78, 5) is 4.25. The highest BCUT2D eigenvalue weighted by molar-refractivity contribution is 14.0. The van der Waals surface area contributed by atoms with Crippen molar-refractivity contribution in [2.75, 3.05) is 27.3 Å². The molecular weight excluding hydrogens is 453 g/mol. The quantitative estimate of drug-likeness (QED) is 0.244. The van der Waals surface area contributed by atoms with Crippen LogP contribution in [-0.2, 0) is 11.3 Å². The van der Waals surface area contributed by atoms with Crippen LogP contribution in [0.2, 0.25) is 0 Å². The average molecular weight is 483 g/mol. The molecule has 0 aliphatic carbocycles. The summed E-state index contributed by atoms with van der Waals surface area (Å²) in [6.45, 7) is 4.28. The molecule has 1 atom stereocenters. The molecule has 0 amide bonds. The summed E-state index contributed by atoms with van der Waals surface area (Å²) >= 11 is 0. The molecule has 0 spiro atoms. The molecule has 2 N–H and O–H groups in total. The number of hydrogen-bond acceptors (Lipinski definition) is 3. The largest absolute Gasteiger partial charge is 0.497 e. The van der Waals surface area contributed by atoms with E-state index in [0.717, 1.165) is 30.2 Å². The van der Waals surface area contributed by atoms with Crippen LogP contribution in [0.25, 0.3) is 0 Å². The highest BCUT2D eigenvalue weighted by atomic mass is 127. The Morgan fingerprint density at radius 1 is 1.07 bits per heavy atom. The molecule has 0 saturated heterocycles. The van der Waals surface area contributed by atoms with Gasteiger partial charge in [-0.05, 0) is 36.6 Å². The number of nitrogens with one attached hydrogen (secondary N) is 2. The van der Waals surface area contributed by atoms with Gasteiger partial charge in [0.25, 0.3) is 0 Å². The third-order valence-electron chi connectivity index (χ3n) is 4.07. The summed E-state index contributed by atoms with van der Waals surface area (Å²) in [5, 5.41) is 6.61. The SMILES string of the molecule is CN=C(NCCCOC(C)c1ccccc1)NCc1cccc(OC)c1.I. The van der Waals surface area contributed by atoms with Crippen molar-refractivity contribution in [3.8, 4) is 5.75 Å². The molecule has 5 nitrogen and oxygen atoms in total. The van der Waals surface area contributed by atoms with E-state index in [9.17, 15) is 0 Å². The molecular formula is C21H30IN3O2. The van der Waals surface area contributed by atoms with Crippen molar-refractivity contribution in [3.05, 3.63) is 65.7 Å². The van der Waals surface area contributed by atoms with Crippen molar-refractivity contribution in [3.63, 3.8) is 0 Å². The summed E-state index contributed by atoms with van der Waals surface area (Å²) in [6.07, 6.45) is 1.03. The first-order valence-electron chi connectivity index (χ1n) is 8.97. The van der Waals surface area contributed by atoms with E-state index >= 15 is 0 Å². The van der Waals surface area contributed by atoms with Gasteiger partial charge in [-0.25, -0.2) is 0 Å². The minimum Gasteiger partial charge on any atom is -0.497 e. The standard InChI is InChI=1S/C21H29N3O2.HI/c1-17(19-10-5-4-6-11-19)26-14-8-13-23-21(22-2)24-16-18-9-7-12-20(15-18)25-3;/h4-7,9-12,15,17H,8,13-14,16H2,1-3H3,(H2,22,23,24);1H. The number of guanidine groups is 1. The Hall–Kier alpha value is -1.80. The Bertz CT molecular complexity index is 680. The molecule has 0 aromatic heterocycles. The van der Waals surface area contributed by atoms with Gasteiger partial charge in [-0.3, -0.25) is 4.99 Å². The van der Waals surface area contributed by atoms with Gasteiger partial charge in [0.1, 0.15) is 5.75 Å². The highest BCUT2D eigenvalue weighted by Gasteiger charge is 2.04. The Morgan fingerprint density at radius 2 is 1.85 bits per heavy atom. The summed E-state index contributed by atoms with van der Waals surface area (Å²) in [5.74, 6) is 1.64. The first kappa shape index (κ1) is 23.2. The Balaban J connectivity index is 0.00000364. The van der Waals surface area contributed by atoms with E-state index in [1.807, 2.05) is 36.4 Å². The molecule has 1 unspecified atom stereocenters. The molecule has 2 aromatic carbocycles. The lowest BCUT2D eigenvalue weighted by Crippen LogP contribution is -2.37. The Kier molecular flexibility index (Phi) is 11.5. The fourth-order valence-corrected chi connectivity index (χ4v) is 2.55. The summed E-state index contributed by atoms with van der Waals surface area (Å²) in [7, 11) is 3.45. The van der Waals surface area contributed by atoms with Crippen LogP contribution in [-0.4, -0.2) is 33.3 Å². The molecule has 0 saturated carbocycles. The second kappa shape index (κ2) is 13.4. The zero-order valence-corrected chi connectivity index (χ0v) is 18.6. The van der Waals surface area contributed by atoms with Gasteiger partial charge in [0.05, 0.1) is 13.2 Å². The summed E-state index contributed by atoms with van der Waals surface area (Å²) in [5.41, 5.74) is 2.35. The molecule has 0 aliphatic rings. The van der Waals surface area contributed by atoms with E-state index in [0.29, 0.717) is 13.2 Å². The molecule has 0 bridgehead atoms. The van der Waals surface area contributed by atoms with Gasteiger partial charge in [0.2, 0.25) is 0 Å². The minimum absolute atomic E-state index is 0. The number of ether oxygens (including phenoxy) is 2. The van der Waals surface area contributed by atoms with E-state index in [4.69, 9.17) is 9.47 Å². The van der Waals surface area contributed by atoms with Crippen LogP contribution in [0, 0.1) is 0 Å². The van der Waals surface area contributed by atoms with Crippen LogP contribution in [0.3, 0.4) is 0 Å². The van der Waals surface area contributed by atoms with Crippen molar-refractivity contribution >= 4 is 29.9 Å². The molecule has 6 heteroatoms. The van der Waals surface area contributed by atoms with Crippen LogP contribution in [0.1, 0.15) is 30.6 Å². The van der Waals surface area contributed by atoms with Crippen molar-refractivity contribution in [1.82, 2.24) is 10.6 Å². The third kappa shape index (κ3) is 8.62. The van der Waals surface area contributed by atoms with Gasteiger partial charge in [-0.1, -0.05) is 42.5 Å². The smallest absolute Gasteiger partial charge is 0.191 e. The predicted octanol–water partition coefficient (Wildman–Crippen LogP) is 4.15. The fourth-order valence-electron chi connectivity index (χ4n) is 2.55. The topological polar surface area (TPSA) is 54.9 Å². The van der Waals surface area contributed by atoms with Gasteiger partial charge in [0, 0.05) is 26.7 Å². The second-order valence-corrected chi connectivity index (χ2v) is 5.98. The maximum absolute atomic E-state index is 5.88. The number of aliphatic imine (C=N–C) groups is 1.